The molecule has 1 amide bonds. The maximum absolute atomic E-state index is 12.2. The van der Waals surface area contributed by atoms with Crippen LogP contribution in [0.5, 0.6) is 0 Å². The molecule has 0 atom stereocenters. The molecule has 32 heavy (non-hydrogen) atoms. The Bertz CT molecular complexity index is 473. The first-order chi connectivity index (χ1) is 15.5. The predicted octanol–water partition coefficient (Wildman–Crippen LogP) is 4.40. The number of esters is 1. The summed E-state index contributed by atoms with van der Waals surface area (Å²) < 4.78 is 15.1. The summed E-state index contributed by atoms with van der Waals surface area (Å²) in [5.74, 6) is -0.244. The lowest BCUT2D eigenvalue weighted by molar-refractivity contribution is -0.144. The minimum absolute atomic E-state index is 0.0684. The van der Waals surface area contributed by atoms with E-state index in [1.807, 2.05) is 19.0 Å². The molecule has 0 N–H and O–H groups in total. The summed E-state index contributed by atoms with van der Waals surface area (Å²) in [7, 11) is 3.77. The Labute approximate surface area is 194 Å². The van der Waals surface area contributed by atoms with Crippen molar-refractivity contribution < 1.29 is 28.6 Å². The second kappa shape index (κ2) is 22.4. The summed E-state index contributed by atoms with van der Waals surface area (Å²) >= 11 is 0. The van der Waals surface area contributed by atoms with Gasteiger partial charge in [0.15, 0.2) is 0 Å². The summed E-state index contributed by atoms with van der Waals surface area (Å²) in [5, 5.41) is 0. The van der Waals surface area contributed by atoms with Gasteiger partial charge in [0.05, 0.1) is 13.1 Å². The first-order valence-corrected chi connectivity index (χ1v) is 12.3. The lowest BCUT2D eigenvalue weighted by Gasteiger charge is -2.22. The molecule has 8 heteroatoms. The fourth-order valence-corrected chi connectivity index (χ4v) is 3.19. The van der Waals surface area contributed by atoms with Crippen molar-refractivity contribution in [2.24, 2.45) is 0 Å². The Kier molecular flexibility index (Phi) is 21.1. The van der Waals surface area contributed by atoms with E-state index in [0.29, 0.717) is 19.4 Å². The second-order valence-corrected chi connectivity index (χ2v) is 8.38. The molecule has 0 heterocycles. The number of likely N-dealkylation sites (N-methyl/N-ethyl adjacent to an activating group) is 1. The zero-order valence-electron chi connectivity index (χ0n) is 20.6. The minimum atomic E-state index is -0.511. The van der Waals surface area contributed by atoms with Crippen LogP contribution in [0.2, 0.25) is 0 Å². The van der Waals surface area contributed by atoms with E-state index in [1.54, 1.807) is 0 Å². The normalized spacial score (nSPS) is 10.8. The third-order valence-corrected chi connectivity index (χ3v) is 5.18. The molecule has 0 aliphatic rings. The van der Waals surface area contributed by atoms with Gasteiger partial charge in [0.25, 0.3) is 6.47 Å². The average Bonchev–Trinajstić information content (AvgIpc) is 2.76. The highest BCUT2D eigenvalue weighted by atomic mass is 16.6. The van der Waals surface area contributed by atoms with Gasteiger partial charge in [-0.05, 0) is 20.5 Å². The van der Waals surface area contributed by atoms with Crippen LogP contribution in [0.4, 0.5) is 4.79 Å². The van der Waals surface area contributed by atoms with Crippen LogP contribution in [-0.4, -0.2) is 81.9 Å². The number of ether oxygens (including phenoxy) is 3. The topological polar surface area (TPSA) is 85.4 Å². The fourth-order valence-electron chi connectivity index (χ4n) is 3.19. The number of carbonyl (C=O) groups is 3. The molecule has 0 spiro atoms. The number of amides is 1. The summed E-state index contributed by atoms with van der Waals surface area (Å²) in [6.07, 6.45) is 13.5. The molecule has 0 aliphatic carbocycles. The zero-order chi connectivity index (χ0) is 23.9. The smallest absolute Gasteiger partial charge is 0.410 e. The molecule has 0 saturated heterocycles. The van der Waals surface area contributed by atoms with Gasteiger partial charge in [-0.15, -0.1) is 0 Å². The van der Waals surface area contributed by atoms with Crippen LogP contribution in [-0.2, 0) is 23.8 Å². The quantitative estimate of drug-likeness (QED) is 0.103. The van der Waals surface area contributed by atoms with Crippen LogP contribution in [0.1, 0.15) is 84.0 Å². The van der Waals surface area contributed by atoms with Crippen LogP contribution >= 0.6 is 0 Å². The number of rotatable bonds is 22. The molecular weight excluding hydrogens is 412 g/mol. The Hall–Kier alpha value is -1.83. The molecule has 8 nitrogen and oxygen atoms in total. The minimum Gasteiger partial charge on any atom is -0.466 e. The lowest BCUT2D eigenvalue weighted by Crippen LogP contribution is -2.38. The fraction of sp³-hybridized carbons (Fsp3) is 0.875. The first kappa shape index (κ1) is 30.2. The molecule has 0 radical (unpaired) electrons. The third kappa shape index (κ3) is 20.1. The Morgan fingerprint density at radius 2 is 1.25 bits per heavy atom. The van der Waals surface area contributed by atoms with Gasteiger partial charge in [0.1, 0.15) is 19.8 Å². The van der Waals surface area contributed by atoms with Crippen molar-refractivity contribution in [1.29, 1.82) is 0 Å². The van der Waals surface area contributed by atoms with Crippen molar-refractivity contribution in [3.05, 3.63) is 0 Å². The van der Waals surface area contributed by atoms with Crippen LogP contribution < -0.4 is 0 Å². The van der Waals surface area contributed by atoms with Crippen molar-refractivity contribution in [2.45, 2.75) is 84.0 Å². The lowest BCUT2D eigenvalue weighted by atomic mass is 10.1. The number of nitrogens with zero attached hydrogens (tertiary/aromatic N) is 2. The van der Waals surface area contributed by atoms with Gasteiger partial charge < -0.3 is 24.0 Å². The summed E-state index contributed by atoms with van der Waals surface area (Å²) in [6.45, 7) is 4.00. The van der Waals surface area contributed by atoms with Crippen molar-refractivity contribution in [2.75, 3.05) is 53.6 Å². The maximum atomic E-state index is 12.2. The SMILES string of the molecule is CCCCCCCCCCCCCC(=O)OCCN(CCOC=O)C(=O)OCCN(C)C. The van der Waals surface area contributed by atoms with Crippen LogP contribution in [0.3, 0.4) is 0 Å². The highest BCUT2D eigenvalue weighted by Crippen LogP contribution is 2.12. The highest BCUT2D eigenvalue weighted by molar-refractivity contribution is 5.69. The van der Waals surface area contributed by atoms with Gasteiger partial charge in [-0.3, -0.25) is 9.59 Å². The molecule has 0 aromatic carbocycles. The largest absolute Gasteiger partial charge is 0.466 e. The van der Waals surface area contributed by atoms with Crippen LogP contribution in [0, 0.1) is 0 Å². The predicted molar refractivity (Wildman–Crippen MR) is 126 cm³/mol. The van der Waals surface area contributed by atoms with Gasteiger partial charge >= 0.3 is 12.1 Å². The molecular formula is C24H46N2O6. The van der Waals surface area contributed by atoms with E-state index in [0.717, 1.165) is 19.3 Å². The average molecular weight is 459 g/mol. The molecule has 0 aromatic heterocycles. The second-order valence-electron chi connectivity index (χ2n) is 8.38. The number of unbranched alkanes of at least 4 members (excludes halogenated alkanes) is 10. The van der Waals surface area contributed by atoms with Gasteiger partial charge in [-0.25, -0.2) is 4.79 Å². The standard InChI is InChI=1S/C24H46N2O6/c1-4-5-6-7-8-9-10-11-12-13-14-15-23(28)31-21-18-26(17-19-30-22-27)24(29)32-20-16-25(2)3/h22H,4-21H2,1-3H3. The number of hydrogen-bond acceptors (Lipinski definition) is 7. The summed E-state index contributed by atoms with van der Waals surface area (Å²) in [6, 6.07) is 0. The van der Waals surface area contributed by atoms with E-state index in [4.69, 9.17) is 9.47 Å². The summed E-state index contributed by atoms with van der Waals surface area (Å²) in [5.41, 5.74) is 0. The van der Waals surface area contributed by atoms with E-state index in [9.17, 15) is 14.4 Å². The third-order valence-electron chi connectivity index (χ3n) is 5.18. The highest BCUT2D eigenvalue weighted by Gasteiger charge is 2.16. The summed E-state index contributed by atoms with van der Waals surface area (Å²) in [4.78, 5) is 37.7. The Balaban J connectivity index is 3.85. The van der Waals surface area contributed by atoms with E-state index in [1.165, 1.54) is 56.3 Å². The van der Waals surface area contributed by atoms with Crippen molar-refractivity contribution >= 4 is 18.5 Å². The van der Waals surface area contributed by atoms with Crippen LogP contribution in [0.15, 0.2) is 0 Å². The maximum Gasteiger partial charge on any atom is 0.410 e. The van der Waals surface area contributed by atoms with Gasteiger partial charge in [-0.2, -0.15) is 0 Å². The van der Waals surface area contributed by atoms with Gasteiger partial charge in [0, 0.05) is 13.0 Å². The van der Waals surface area contributed by atoms with Gasteiger partial charge in [0.2, 0.25) is 0 Å². The number of carbonyl (C=O) groups excluding carboxylic acids is 3. The first-order valence-electron chi connectivity index (χ1n) is 12.3. The van der Waals surface area contributed by atoms with Crippen molar-refractivity contribution in [3.8, 4) is 0 Å². The van der Waals surface area contributed by atoms with Gasteiger partial charge in [-0.1, -0.05) is 71.1 Å². The molecule has 0 aliphatic heterocycles. The van der Waals surface area contributed by atoms with Crippen LogP contribution in [0.25, 0.3) is 0 Å². The monoisotopic (exact) mass is 458 g/mol. The van der Waals surface area contributed by atoms with E-state index >= 15 is 0 Å². The Morgan fingerprint density at radius 3 is 1.81 bits per heavy atom. The van der Waals surface area contributed by atoms with E-state index in [-0.39, 0.29) is 38.9 Å². The molecule has 188 valence electrons. The molecule has 0 rings (SSSR count). The Morgan fingerprint density at radius 1 is 0.719 bits per heavy atom. The molecule has 0 fully saturated rings. The molecule has 0 bridgehead atoms. The van der Waals surface area contributed by atoms with Crippen molar-refractivity contribution in [3.63, 3.8) is 0 Å². The number of hydrogen-bond donors (Lipinski definition) is 0. The van der Waals surface area contributed by atoms with Crippen molar-refractivity contribution in [1.82, 2.24) is 9.80 Å². The molecule has 0 saturated carbocycles. The van der Waals surface area contributed by atoms with E-state index < -0.39 is 6.09 Å². The molecule has 0 unspecified atom stereocenters. The zero-order valence-corrected chi connectivity index (χ0v) is 20.6. The van der Waals surface area contributed by atoms with E-state index in [2.05, 4.69) is 11.7 Å². The molecule has 0 aromatic rings.